The van der Waals surface area contributed by atoms with Crippen molar-refractivity contribution in [3.63, 3.8) is 0 Å². The number of carbonyl (C=O) groups is 1. The van der Waals surface area contributed by atoms with Crippen LogP contribution >= 0.6 is 0 Å². The van der Waals surface area contributed by atoms with Gasteiger partial charge in [0.15, 0.2) is 0 Å². The number of pyridine rings is 1. The van der Waals surface area contributed by atoms with Gasteiger partial charge in [-0.25, -0.2) is 0 Å². The van der Waals surface area contributed by atoms with Crippen molar-refractivity contribution >= 4 is 11.5 Å². The van der Waals surface area contributed by atoms with Gasteiger partial charge in [-0.05, 0) is 85.3 Å². The summed E-state index contributed by atoms with van der Waals surface area (Å²) in [5.41, 5.74) is 8.90. The summed E-state index contributed by atoms with van der Waals surface area (Å²) < 4.78 is 0. The highest BCUT2D eigenvalue weighted by atomic mass is 16.1. The molecule has 2 aliphatic carbocycles. The van der Waals surface area contributed by atoms with E-state index in [1.165, 1.54) is 66.5 Å². The van der Waals surface area contributed by atoms with Gasteiger partial charge < -0.3 is 10.6 Å². The molecule has 1 unspecified atom stereocenters. The first-order chi connectivity index (χ1) is 19.2. The zero-order chi connectivity index (χ0) is 26.9. The highest BCUT2D eigenvalue weighted by Crippen LogP contribution is 2.36. The number of carbonyl (C=O) groups excluding carboxylic acids is 1. The average molecular weight is 522 g/mol. The van der Waals surface area contributed by atoms with E-state index in [-0.39, 0.29) is 11.8 Å². The van der Waals surface area contributed by atoms with Crippen molar-refractivity contribution in [2.45, 2.75) is 90.1 Å². The monoisotopic (exact) mass is 521 g/mol. The second-order valence-electron chi connectivity index (χ2n) is 11.4. The van der Waals surface area contributed by atoms with Crippen molar-refractivity contribution in [3.05, 3.63) is 107 Å². The number of hydrogen-bond acceptors (Lipinski definition) is 3. The lowest BCUT2D eigenvalue weighted by Crippen LogP contribution is -2.33. The van der Waals surface area contributed by atoms with Crippen molar-refractivity contribution in [3.8, 4) is 0 Å². The Balaban J connectivity index is 1.30. The van der Waals surface area contributed by atoms with Crippen molar-refractivity contribution in [2.75, 3.05) is 0 Å². The van der Waals surface area contributed by atoms with Gasteiger partial charge >= 0.3 is 0 Å². The maximum absolute atomic E-state index is 13.6. The van der Waals surface area contributed by atoms with Crippen LogP contribution in [0.25, 0.3) is 5.57 Å². The van der Waals surface area contributed by atoms with Crippen molar-refractivity contribution in [1.82, 2.24) is 15.6 Å². The van der Waals surface area contributed by atoms with Gasteiger partial charge in [0.25, 0.3) is 0 Å². The number of rotatable bonds is 9. The number of hydrogen-bond donors (Lipinski definition) is 2. The van der Waals surface area contributed by atoms with Gasteiger partial charge in [-0.1, -0.05) is 80.3 Å². The van der Waals surface area contributed by atoms with Crippen LogP contribution in [0.5, 0.6) is 0 Å². The second kappa shape index (κ2) is 13.6. The summed E-state index contributed by atoms with van der Waals surface area (Å²) in [4.78, 5) is 18.0. The van der Waals surface area contributed by atoms with Gasteiger partial charge in [-0.3, -0.25) is 9.78 Å². The molecular weight excluding hydrogens is 478 g/mol. The zero-order valence-electron chi connectivity index (χ0n) is 23.4. The molecule has 4 heteroatoms. The topological polar surface area (TPSA) is 54.0 Å². The standard InChI is InChI=1S/C35H43N3O/c1-26-21-22-36-25-32(26)31-15-9-10-16-33(31)37-23-28-17-19-30(20-18-28)34(29-13-7-2-3-8-14-29)35(39)38-24-27-11-5-4-6-12-27/h4-6,11-12,17-22,25,29,34,37H,2-3,7-10,13-16,23-24H2,1H3,(H,38,39). The van der Waals surface area contributed by atoms with Gasteiger partial charge in [0.05, 0.1) is 5.92 Å². The molecule has 4 nitrogen and oxygen atoms in total. The van der Waals surface area contributed by atoms with Crippen molar-refractivity contribution < 1.29 is 4.79 Å². The van der Waals surface area contributed by atoms with Crippen LogP contribution < -0.4 is 10.6 Å². The fraction of sp³-hybridized carbons (Fsp3) is 0.429. The van der Waals surface area contributed by atoms with Gasteiger partial charge in [-0.2, -0.15) is 0 Å². The summed E-state index contributed by atoms with van der Waals surface area (Å²) in [5, 5.41) is 7.03. The summed E-state index contributed by atoms with van der Waals surface area (Å²) in [7, 11) is 0. The SMILES string of the molecule is Cc1ccncc1C1=C(NCc2ccc(C(C(=O)NCc3ccccc3)C3CCCCCC3)cc2)CCCC1. The van der Waals surface area contributed by atoms with Crippen LogP contribution in [-0.2, 0) is 17.9 Å². The molecule has 5 rings (SSSR count). The highest BCUT2D eigenvalue weighted by Gasteiger charge is 2.30. The zero-order valence-corrected chi connectivity index (χ0v) is 23.4. The Morgan fingerprint density at radius 2 is 1.56 bits per heavy atom. The highest BCUT2D eigenvalue weighted by molar-refractivity contribution is 5.84. The Bertz CT molecular complexity index is 1240. The largest absolute Gasteiger partial charge is 0.384 e. The third-order valence-electron chi connectivity index (χ3n) is 8.64. The van der Waals surface area contributed by atoms with Crippen LogP contribution in [-0.4, -0.2) is 10.9 Å². The molecule has 1 saturated carbocycles. The van der Waals surface area contributed by atoms with Gasteiger partial charge in [-0.15, -0.1) is 0 Å². The number of benzene rings is 2. The van der Waals surface area contributed by atoms with Gasteiger partial charge in [0, 0.05) is 36.7 Å². The lowest BCUT2D eigenvalue weighted by molar-refractivity contribution is -0.124. The smallest absolute Gasteiger partial charge is 0.228 e. The second-order valence-corrected chi connectivity index (χ2v) is 11.4. The lowest BCUT2D eigenvalue weighted by atomic mass is 9.80. The summed E-state index contributed by atoms with van der Waals surface area (Å²) in [6, 6.07) is 21.2. The predicted octanol–water partition coefficient (Wildman–Crippen LogP) is 7.84. The van der Waals surface area contributed by atoms with E-state index >= 15 is 0 Å². The van der Waals surface area contributed by atoms with Crippen molar-refractivity contribution in [1.29, 1.82) is 0 Å². The van der Waals surface area contributed by atoms with Crippen LogP contribution in [0.3, 0.4) is 0 Å². The quantitative estimate of drug-likeness (QED) is 0.282. The molecule has 0 spiro atoms. The molecule has 2 aromatic carbocycles. The molecular formula is C35H43N3O. The molecule has 0 aliphatic heterocycles. The normalized spacial score (nSPS) is 17.4. The maximum Gasteiger partial charge on any atom is 0.228 e. The minimum Gasteiger partial charge on any atom is -0.384 e. The Kier molecular flexibility index (Phi) is 9.47. The number of nitrogens with zero attached hydrogens (tertiary/aromatic N) is 1. The van der Waals surface area contributed by atoms with E-state index in [1.54, 1.807) is 0 Å². The molecule has 1 fully saturated rings. The van der Waals surface area contributed by atoms with E-state index in [0.717, 1.165) is 43.4 Å². The predicted molar refractivity (Wildman–Crippen MR) is 160 cm³/mol. The van der Waals surface area contributed by atoms with E-state index in [1.807, 2.05) is 30.6 Å². The minimum absolute atomic E-state index is 0.0879. The first kappa shape index (κ1) is 27.2. The van der Waals surface area contributed by atoms with E-state index in [0.29, 0.717) is 12.5 Å². The lowest BCUT2D eigenvalue weighted by Gasteiger charge is -2.26. The first-order valence-electron chi connectivity index (χ1n) is 15.0. The number of aromatic nitrogens is 1. The fourth-order valence-corrected chi connectivity index (χ4v) is 6.41. The third kappa shape index (κ3) is 7.17. The Morgan fingerprint density at radius 3 is 2.31 bits per heavy atom. The summed E-state index contributed by atoms with van der Waals surface area (Å²) >= 11 is 0. The molecule has 1 heterocycles. The molecule has 1 atom stereocenters. The summed E-state index contributed by atoms with van der Waals surface area (Å²) in [6.07, 6.45) is 15.8. The number of nitrogens with one attached hydrogen (secondary N) is 2. The summed E-state index contributed by atoms with van der Waals surface area (Å²) in [5.74, 6) is 0.487. The average Bonchev–Trinajstić information content (AvgIpc) is 3.26. The van der Waals surface area contributed by atoms with E-state index in [9.17, 15) is 4.79 Å². The first-order valence-corrected chi connectivity index (χ1v) is 15.0. The van der Waals surface area contributed by atoms with E-state index in [4.69, 9.17) is 0 Å². The van der Waals surface area contributed by atoms with Crippen molar-refractivity contribution in [2.24, 2.45) is 5.92 Å². The fourth-order valence-electron chi connectivity index (χ4n) is 6.41. The molecule has 1 amide bonds. The van der Waals surface area contributed by atoms with E-state index < -0.39 is 0 Å². The molecule has 2 aliphatic rings. The molecule has 2 N–H and O–H groups in total. The van der Waals surface area contributed by atoms with Crippen LogP contribution in [0.2, 0.25) is 0 Å². The summed E-state index contributed by atoms with van der Waals surface area (Å²) in [6.45, 7) is 3.56. The number of amides is 1. The van der Waals surface area contributed by atoms with E-state index in [2.05, 4.69) is 65.0 Å². The number of allylic oxidation sites excluding steroid dienone is 2. The molecule has 39 heavy (non-hydrogen) atoms. The number of aryl methyl sites for hydroxylation is 1. The molecule has 3 aromatic rings. The Hall–Kier alpha value is -3.40. The molecule has 0 radical (unpaired) electrons. The molecule has 0 saturated heterocycles. The van der Waals surface area contributed by atoms with Crippen LogP contribution in [0, 0.1) is 12.8 Å². The van der Waals surface area contributed by atoms with Gasteiger partial charge in [0.2, 0.25) is 5.91 Å². The van der Waals surface area contributed by atoms with Crippen LogP contribution in [0.15, 0.2) is 78.8 Å². The van der Waals surface area contributed by atoms with Crippen LogP contribution in [0.4, 0.5) is 0 Å². The third-order valence-corrected chi connectivity index (χ3v) is 8.64. The molecule has 204 valence electrons. The minimum atomic E-state index is -0.0879. The molecule has 1 aromatic heterocycles. The Morgan fingerprint density at radius 1 is 0.846 bits per heavy atom. The Labute approximate surface area is 234 Å². The molecule has 0 bridgehead atoms. The van der Waals surface area contributed by atoms with Crippen LogP contribution in [0.1, 0.15) is 97.9 Å². The van der Waals surface area contributed by atoms with Gasteiger partial charge in [0.1, 0.15) is 0 Å². The maximum atomic E-state index is 13.6.